The molecule has 1 aromatic heterocycles. The topological polar surface area (TPSA) is 76.4 Å². The minimum Gasteiger partial charge on any atom is -0.444 e. The number of guanidine groups is 1. The highest BCUT2D eigenvalue weighted by molar-refractivity contribution is 14.0. The number of oxazole rings is 1. The van der Waals surface area contributed by atoms with Gasteiger partial charge in [-0.2, -0.15) is 0 Å². The van der Waals surface area contributed by atoms with E-state index in [4.69, 9.17) is 10.2 Å². The predicted octanol–water partition coefficient (Wildman–Crippen LogP) is 3.67. The van der Waals surface area contributed by atoms with Gasteiger partial charge in [0.25, 0.3) is 0 Å². The van der Waals surface area contributed by atoms with E-state index < -0.39 is 0 Å². The number of nitrogens with two attached hydrogens (primary N) is 1. The van der Waals surface area contributed by atoms with E-state index in [1.807, 2.05) is 13.8 Å². The molecule has 0 saturated heterocycles. The summed E-state index contributed by atoms with van der Waals surface area (Å²) in [5.74, 6) is 1.92. The smallest absolute Gasteiger partial charge is 0.216 e. The maximum atomic E-state index is 5.80. The number of unbranched alkanes of at least 4 members (excludes halogenated alkanes) is 5. The molecule has 3 N–H and O–H groups in total. The molecule has 6 heteroatoms. The van der Waals surface area contributed by atoms with Crippen LogP contribution in [0.3, 0.4) is 0 Å². The van der Waals surface area contributed by atoms with Crippen molar-refractivity contribution in [3.05, 3.63) is 17.3 Å². The molecule has 1 rings (SSSR count). The largest absolute Gasteiger partial charge is 0.444 e. The molecule has 0 aliphatic rings. The zero-order chi connectivity index (χ0) is 14.8. The van der Waals surface area contributed by atoms with E-state index in [1.165, 1.54) is 32.1 Å². The molecule has 0 aromatic carbocycles. The Labute approximate surface area is 145 Å². The Kier molecular flexibility index (Phi) is 11.4. The number of nitrogens with zero attached hydrogens (tertiary/aromatic N) is 2. The van der Waals surface area contributed by atoms with Crippen molar-refractivity contribution >= 4 is 29.9 Å². The van der Waals surface area contributed by atoms with Crippen LogP contribution in [-0.2, 0) is 6.54 Å². The van der Waals surface area contributed by atoms with Crippen molar-refractivity contribution in [1.82, 2.24) is 10.3 Å². The molecule has 0 amide bonds. The van der Waals surface area contributed by atoms with Gasteiger partial charge in [-0.15, -0.1) is 24.0 Å². The number of hydrogen-bond acceptors (Lipinski definition) is 3. The lowest BCUT2D eigenvalue weighted by molar-refractivity contribution is 0.473. The Hall–Kier alpha value is -0.790. The molecule has 0 radical (unpaired) electrons. The van der Waals surface area contributed by atoms with Gasteiger partial charge in [0.2, 0.25) is 5.89 Å². The summed E-state index contributed by atoms with van der Waals surface area (Å²) in [7, 11) is 0. The average Bonchev–Trinajstić information content (AvgIpc) is 2.74. The van der Waals surface area contributed by atoms with Gasteiger partial charge in [-0.1, -0.05) is 39.0 Å². The summed E-state index contributed by atoms with van der Waals surface area (Å²) in [6.45, 7) is 7.33. The minimum atomic E-state index is 0. The summed E-state index contributed by atoms with van der Waals surface area (Å²) >= 11 is 0. The maximum absolute atomic E-state index is 5.80. The first-order chi connectivity index (χ1) is 9.63. The highest BCUT2D eigenvalue weighted by Crippen LogP contribution is 2.08. The predicted molar refractivity (Wildman–Crippen MR) is 98.1 cm³/mol. The van der Waals surface area contributed by atoms with Crippen molar-refractivity contribution in [3.63, 3.8) is 0 Å². The first-order valence-electron chi connectivity index (χ1n) is 7.60. The van der Waals surface area contributed by atoms with Crippen LogP contribution in [0.25, 0.3) is 0 Å². The molecule has 0 atom stereocenters. The Morgan fingerprint density at radius 3 is 2.48 bits per heavy atom. The van der Waals surface area contributed by atoms with Crippen molar-refractivity contribution in [1.29, 1.82) is 0 Å². The quantitative estimate of drug-likeness (QED) is 0.283. The van der Waals surface area contributed by atoms with Crippen LogP contribution in [0.2, 0.25) is 0 Å². The van der Waals surface area contributed by atoms with E-state index in [9.17, 15) is 0 Å². The lowest BCUT2D eigenvalue weighted by Gasteiger charge is -2.04. The highest BCUT2D eigenvalue weighted by Gasteiger charge is 2.04. The molecule has 21 heavy (non-hydrogen) atoms. The second-order valence-corrected chi connectivity index (χ2v) is 5.15. The summed E-state index contributed by atoms with van der Waals surface area (Å²) in [6.07, 6.45) is 7.66. The molecule has 0 fully saturated rings. The van der Waals surface area contributed by atoms with Gasteiger partial charge in [-0.05, 0) is 20.3 Å². The summed E-state index contributed by atoms with van der Waals surface area (Å²) in [4.78, 5) is 8.49. The Morgan fingerprint density at radius 1 is 1.19 bits per heavy atom. The maximum Gasteiger partial charge on any atom is 0.216 e. The standard InChI is InChI=1S/C15H28N4O.HI/c1-4-5-6-7-8-9-10-17-15(16)18-11-14-19-12(2)13(3)20-14;/h4-11H2,1-3H3,(H3,16,17,18);1H. The van der Waals surface area contributed by atoms with Crippen LogP contribution in [-0.4, -0.2) is 17.5 Å². The molecule has 1 aromatic rings. The number of rotatable bonds is 9. The van der Waals surface area contributed by atoms with Crippen molar-refractivity contribution < 1.29 is 4.42 Å². The first-order valence-corrected chi connectivity index (χ1v) is 7.60. The fourth-order valence-corrected chi connectivity index (χ4v) is 1.94. The van der Waals surface area contributed by atoms with E-state index in [1.54, 1.807) is 0 Å². The van der Waals surface area contributed by atoms with Gasteiger partial charge in [-0.25, -0.2) is 9.98 Å². The van der Waals surface area contributed by atoms with Crippen LogP contribution in [0.4, 0.5) is 0 Å². The molecule has 5 nitrogen and oxygen atoms in total. The summed E-state index contributed by atoms with van der Waals surface area (Å²) in [5, 5.41) is 3.12. The Morgan fingerprint density at radius 2 is 1.86 bits per heavy atom. The highest BCUT2D eigenvalue weighted by atomic mass is 127. The molecular formula is C15H29IN4O. The van der Waals surface area contributed by atoms with Gasteiger partial charge >= 0.3 is 0 Å². The summed E-state index contributed by atoms with van der Waals surface area (Å²) in [6, 6.07) is 0. The van der Waals surface area contributed by atoms with Crippen molar-refractivity contribution in [3.8, 4) is 0 Å². The molecule has 0 saturated carbocycles. The third kappa shape index (κ3) is 8.95. The van der Waals surface area contributed by atoms with E-state index >= 15 is 0 Å². The zero-order valence-corrected chi connectivity index (χ0v) is 15.8. The molecular weight excluding hydrogens is 379 g/mol. The second-order valence-electron chi connectivity index (χ2n) is 5.15. The van der Waals surface area contributed by atoms with Crippen molar-refractivity contribution in [2.75, 3.05) is 6.54 Å². The number of aryl methyl sites for hydroxylation is 2. The molecule has 0 spiro atoms. The lowest BCUT2D eigenvalue weighted by Crippen LogP contribution is -2.32. The molecule has 0 aliphatic heterocycles. The fourth-order valence-electron chi connectivity index (χ4n) is 1.94. The van der Waals surface area contributed by atoms with Gasteiger partial charge in [0.05, 0.1) is 5.69 Å². The number of aliphatic imine (C=N–C) groups is 1. The van der Waals surface area contributed by atoms with Crippen LogP contribution in [0.5, 0.6) is 0 Å². The van der Waals surface area contributed by atoms with Crippen molar-refractivity contribution in [2.24, 2.45) is 10.7 Å². The summed E-state index contributed by atoms with van der Waals surface area (Å²) < 4.78 is 5.44. The van der Waals surface area contributed by atoms with Gasteiger partial charge in [-0.3, -0.25) is 0 Å². The number of hydrogen-bond donors (Lipinski definition) is 2. The first kappa shape index (κ1) is 20.2. The van der Waals surface area contributed by atoms with E-state index in [2.05, 4.69) is 22.2 Å². The van der Waals surface area contributed by atoms with Gasteiger partial charge in [0.15, 0.2) is 5.96 Å². The lowest BCUT2D eigenvalue weighted by atomic mass is 10.1. The third-order valence-corrected chi connectivity index (χ3v) is 3.29. The van der Waals surface area contributed by atoms with Gasteiger partial charge in [0, 0.05) is 6.54 Å². The molecule has 0 aliphatic carbocycles. The molecule has 0 unspecified atom stereocenters. The SMILES string of the molecule is CCCCCCCCNC(N)=NCc1nc(C)c(C)o1.I. The van der Waals surface area contributed by atoms with E-state index in [0.717, 1.165) is 24.4 Å². The third-order valence-electron chi connectivity index (χ3n) is 3.29. The molecule has 0 bridgehead atoms. The monoisotopic (exact) mass is 408 g/mol. The Balaban J connectivity index is 0.00000400. The second kappa shape index (κ2) is 11.8. The molecule has 122 valence electrons. The number of aromatic nitrogens is 1. The minimum absolute atomic E-state index is 0. The van der Waals surface area contributed by atoms with Crippen LogP contribution in [0.1, 0.15) is 62.8 Å². The van der Waals surface area contributed by atoms with Crippen LogP contribution < -0.4 is 11.1 Å². The summed E-state index contributed by atoms with van der Waals surface area (Å²) in [5.41, 5.74) is 6.71. The zero-order valence-electron chi connectivity index (χ0n) is 13.4. The number of halogens is 1. The van der Waals surface area contributed by atoms with E-state index in [-0.39, 0.29) is 24.0 Å². The van der Waals surface area contributed by atoms with Crippen LogP contribution >= 0.6 is 24.0 Å². The average molecular weight is 408 g/mol. The fraction of sp³-hybridized carbons (Fsp3) is 0.733. The normalized spacial score (nSPS) is 11.3. The number of nitrogens with one attached hydrogen (secondary N) is 1. The van der Waals surface area contributed by atoms with Gasteiger partial charge in [0.1, 0.15) is 12.3 Å². The van der Waals surface area contributed by atoms with Crippen LogP contribution in [0, 0.1) is 13.8 Å². The molecule has 1 heterocycles. The van der Waals surface area contributed by atoms with Crippen molar-refractivity contribution in [2.45, 2.75) is 65.8 Å². The van der Waals surface area contributed by atoms with E-state index in [0.29, 0.717) is 18.4 Å². The van der Waals surface area contributed by atoms with Gasteiger partial charge < -0.3 is 15.5 Å². The Bertz CT molecular complexity index is 398. The van der Waals surface area contributed by atoms with Crippen LogP contribution in [0.15, 0.2) is 9.41 Å².